The van der Waals surface area contributed by atoms with Gasteiger partial charge in [0.1, 0.15) is 0 Å². The number of hydrogen-bond acceptors (Lipinski definition) is 0. The first-order chi connectivity index (χ1) is 5.70. The molecule has 0 aromatic heterocycles. The van der Waals surface area contributed by atoms with Gasteiger partial charge in [-0.05, 0) is 24.7 Å². The van der Waals surface area contributed by atoms with Crippen molar-refractivity contribution in [1.82, 2.24) is 0 Å². The van der Waals surface area contributed by atoms with Gasteiger partial charge in [0.15, 0.2) is 0 Å². The Hall–Kier alpha value is -0.0400. The topological polar surface area (TPSA) is 19.9 Å². The molecule has 0 saturated heterocycles. The van der Waals surface area contributed by atoms with E-state index in [1.807, 2.05) is 0 Å². The molecule has 0 aliphatic heterocycles. The molecular weight excluding hydrogens is 148 g/mol. The number of unbranched alkanes of at least 4 members (excludes halogenated alkanes) is 1. The molecule has 0 bridgehead atoms. The zero-order chi connectivity index (χ0) is 9.40. The van der Waals surface area contributed by atoms with Crippen molar-refractivity contribution in [3.63, 3.8) is 0 Å². The monoisotopic (exact) mass is 171 g/mol. The van der Waals surface area contributed by atoms with Crippen LogP contribution in [0.2, 0.25) is 0 Å². The summed E-state index contributed by atoms with van der Waals surface area (Å²) >= 11 is 0. The number of rotatable bonds is 7. The Bertz CT molecular complexity index is 89.0. The smallest absolute Gasteiger partial charge is 0.0850 e. The maximum atomic E-state index is 10.7. The van der Waals surface area contributed by atoms with Crippen LogP contribution in [-0.2, 0) is 5.11 Å². The van der Waals surface area contributed by atoms with Crippen LogP contribution in [0.15, 0.2) is 0 Å². The molecule has 1 atom stereocenters. The van der Waals surface area contributed by atoms with Crippen molar-refractivity contribution in [2.75, 3.05) is 6.61 Å². The van der Waals surface area contributed by atoms with E-state index < -0.39 is 0 Å². The normalized spacial score (nSPS) is 13.8. The lowest BCUT2D eigenvalue weighted by Gasteiger charge is -2.13. The molecule has 1 radical (unpaired) electrons. The summed E-state index contributed by atoms with van der Waals surface area (Å²) in [5, 5.41) is 10.7. The predicted octanol–water partition coefficient (Wildman–Crippen LogP) is 3.66. The van der Waals surface area contributed by atoms with Crippen LogP contribution in [-0.4, -0.2) is 6.61 Å². The molecule has 0 heterocycles. The summed E-state index contributed by atoms with van der Waals surface area (Å²) in [7, 11) is 0. The van der Waals surface area contributed by atoms with Gasteiger partial charge in [0, 0.05) is 0 Å². The van der Waals surface area contributed by atoms with E-state index in [2.05, 4.69) is 20.8 Å². The molecular formula is C11H23O. The summed E-state index contributed by atoms with van der Waals surface area (Å²) < 4.78 is 0. The van der Waals surface area contributed by atoms with E-state index in [1.54, 1.807) is 0 Å². The minimum Gasteiger partial charge on any atom is -0.236 e. The van der Waals surface area contributed by atoms with Crippen LogP contribution in [0, 0.1) is 11.8 Å². The lowest BCUT2D eigenvalue weighted by atomic mass is 9.94. The van der Waals surface area contributed by atoms with E-state index in [4.69, 9.17) is 0 Å². The van der Waals surface area contributed by atoms with Crippen molar-refractivity contribution in [2.24, 2.45) is 11.8 Å². The first kappa shape index (κ1) is 12.0. The summed E-state index contributed by atoms with van der Waals surface area (Å²) in [5.74, 6) is 1.20. The maximum absolute atomic E-state index is 10.7. The molecule has 12 heavy (non-hydrogen) atoms. The van der Waals surface area contributed by atoms with Crippen molar-refractivity contribution >= 4 is 0 Å². The van der Waals surface area contributed by atoms with Crippen LogP contribution < -0.4 is 0 Å². The molecule has 1 heteroatoms. The van der Waals surface area contributed by atoms with Gasteiger partial charge < -0.3 is 0 Å². The summed E-state index contributed by atoms with van der Waals surface area (Å²) in [6.45, 7) is 6.76. The van der Waals surface area contributed by atoms with Crippen molar-refractivity contribution in [3.05, 3.63) is 0 Å². The lowest BCUT2D eigenvalue weighted by Crippen LogP contribution is -2.06. The highest BCUT2D eigenvalue weighted by Gasteiger charge is 2.08. The van der Waals surface area contributed by atoms with E-state index in [0.29, 0.717) is 5.92 Å². The molecule has 1 nitrogen and oxygen atoms in total. The fourth-order valence-electron chi connectivity index (χ4n) is 1.37. The van der Waals surface area contributed by atoms with Gasteiger partial charge >= 0.3 is 0 Å². The van der Waals surface area contributed by atoms with Crippen LogP contribution in [0.1, 0.15) is 52.9 Å². The third kappa shape index (κ3) is 6.66. The first-order valence-corrected chi connectivity index (χ1v) is 5.28. The van der Waals surface area contributed by atoms with Gasteiger partial charge in [-0.2, -0.15) is 0 Å². The number of hydrogen-bond donors (Lipinski definition) is 0. The van der Waals surface area contributed by atoms with Gasteiger partial charge in [-0.1, -0.05) is 40.0 Å². The molecule has 0 aromatic carbocycles. The molecule has 73 valence electrons. The zero-order valence-electron chi connectivity index (χ0n) is 8.81. The highest BCUT2D eigenvalue weighted by atomic mass is 16.3. The fourth-order valence-corrected chi connectivity index (χ4v) is 1.37. The van der Waals surface area contributed by atoms with Gasteiger partial charge in [-0.25, -0.2) is 5.11 Å². The molecule has 0 spiro atoms. The van der Waals surface area contributed by atoms with E-state index >= 15 is 0 Å². The Morgan fingerprint density at radius 1 is 1.08 bits per heavy atom. The minimum absolute atomic E-state index is 0.132. The highest BCUT2D eigenvalue weighted by Crippen LogP contribution is 2.17. The highest BCUT2D eigenvalue weighted by molar-refractivity contribution is 4.59. The first-order valence-electron chi connectivity index (χ1n) is 5.28. The molecule has 0 aliphatic carbocycles. The van der Waals surface area contributed by atoms with Gasteiger partial charge in [0.25, 0.3) is 0 Å². The van der Waals surface area contributed by atoms with Gasteiger partial charge in [-0.3, -0.25) is 0 Å². The van der Waals surface area contributed by atoms with Gasteiger partial charge in [-0.15, -0.1) is 0 Å². The molecule has 0 aromatic rings. The third-order valence-corrected chi connectivity index (χ3v) is 2.35. The molecule has 0 aliphatic rings. The quantitative estimate of drug-likeness (QED) is 0.557. The van der Waals surface area contributed by atoms with E-state index in [1.165, 1.54) is 19.3 Å². The predicted molar refractivity (Wildman–Crippen MR) is 52.6 cm³/mol. The largest absolute Gasteiger partial charge is 0.236 e. The Morgan fingerprint density at radius 2 is 1.75 bits per heavy atom. The standard InChI is InChI=1S/C11H23O/c1-4-5-6-11(9-12)8-7-10(2)3/h10-11H,4-9H2,1-3H3. The third-order valence-electron chi connectivity index (χ3n) is 2.35. The van der Waals surface area contributed by atoms with Crippen molar-refractivity contribution < 1.29 is 5.11 Å². The second-order valence-corrected chi connectivity index (χ2v) is 4.15. The van der Waals surface area contributed by atoms with E-state index in [9.17, 15) is 5.11 Å². The summed E-state index contributed by atoms with van der Waals surface area (Å²) in [4.78, 5) is 0. The maximum Gasteiger partial charge on any atom is 0.0850 e. The lowest BCUT2D eigenvalue weighted by molar-refractivity contribution is 0.129. The van der Waals surface area contributed by atoms with E-state index in [0.717, 1.165) is 18.8 Å². The molecule has 0 rings (SSSR count). The van der Waals surface area contributed by atoms with Crippen molar-refractivity contribution in [3.8, 4) is 0 Å². The van der Waals surface area contributed by atoms with Crippen LogP contribution in [0.5, 0.6) is 0 Å². The van der Waals surface area contributed by atoms with Crippen LogP contribution in [0.25, 0.3) is 0 Å². The molecule has 0 N–H and O–H groups in total. The second-order valence-electron chi connectivity index (χ2n) is 4.15. The Kier molecular flexibility index (Phi) is 7.58. The Labute approximate surface area is 77.2 Å². The summed E-state index contributed by atoms with van der Waals surface area (Å²) in [6, 6.07) is 0. The summed E-state index contributed by atoms with van der Waals surface area (Å²) in [6.07, 6.45) is 5.95. The zero-order valence-corrected chi connectivity index (χ0v) is 8.81. The van der Waals surface area contributed by atoms with Crippen LogP contribution >= 0.6 is 0 Å². The van der Waals surface area contributed by atoms with Crippen LogP contribution in [0.4, 0.5) is 0 Å². The minimum atomic E-state index is 0.132. The molecule has 1 unspecified atom stereocenters. The molecule has 0 amide bonds. The van der Waals surface area contributed by atoms with Crippen LogP contribution in [0.3, 0.4) is 0 Å². The Morgan fingerprint density at radius 3 is 2.17 bits per heavy atom. The van der Waals surface area contributed by atoms with Crippen molar-refractivity contribution in [1.29, 1.82) is 0 Å². The van der Waals surface area contributed by atoms with E-state index in [-0.39, 0.29) is 6.61 Å². The average molecular weight is 171 g/mol. The average Bonchev–Trinajstić information content (AvgIpc) is 2.05. The molecule has 0 saturated carbocycles. The molecule has 0 fully saturated rings. The Balaban J connectivity index is 3.39. The fraction of sp³-hybridized carbons (Fsp3) is 1.00. The SMILES string of the molecule is CCCCC(C[O])CCC(C)C. The summed E-state index contributed by atoms with van der Waals surface area (Å²) in [5.41, 5.74) is 0. The van der Waals surface area contributed by atoms with Crippen molar-refractivity contribution in [2.45, 2.75) is 52.9 Å². The second kappa shape index (κ2) is 7.60. The van der Waals surface area contributed by atoms with Gasteiger partial charge in [0.2, 0.25) is 0 Å². The van der Waals surface area contributed by atoms with Gasteiger partial charge in [0.05, 0.1) is 6.61 Å².